The molecule has 3 aromatic carbocycles. The number of aryl methyl sites for hydroxylation is 1. The van der Waals surface area contributed by atoms with E-state index in [1.165, 1.54) is 21.4 Å². The predicted octanol–water partition coefficient (Wildman–Crippen LogP) is 6.12. The second-order valence-corrected chi connectivity index (χ2v) is 8.39. The van der Waals surface area contributed by atoms with Gasteiger partial charge in [-0.25, -0.2) is 4.79 Å². The molecule has 0 N–H and O–H groups in total. The third kappa shape index (κ3) is 4.06. The van der Waals surface area contributed by atoms with Gasteiger partial charge in [0.05, 0.1) is 12.2 Å². The number of hydrogen-bond donors (Lipinski definition) is 0. The van der Waals surface area contributed by atoms with Crippen LogP contribution >= 0.6 is 0 Å². The normalized spacial score (nSPS) is 16.2. The molecule has 0 aliphatic carbocycles. The fourth-order valence-electron chi connectivity index (χ4n) is 4.46. The van der Waals surface area contributed by atoms with Crippen molar-refractivity contribution in [1.29, 1.82) is 0 Å². The van der Waals surface area contributed by atoms with Crippen LogP contribution in [0.5, 0.6) is 0 Å². The van der Waals surface area contributed by atoms with E-state index < -0.39 is 0 Å². The Morgan fingerprint density at radius 2 is 1.66 bits per heavy atom. The molecule has 4 aromatic rings. The zero-order valence-electron chi connectivity index (χ0n) is 18.2. The highest BCUT2D eigenvalue weighted by Gasteiger charge is 2.29. The van der Waals surface area contributed by atoms with Gasteiger partial charge in [-0.3, -0.25) is 0 Å². The molecule has 1 fully saturated rings. The Morgan fingerprint density at radius 3 is 2.44 bits per heavy atom. The van der Waals surface area contributed by atoms with Crippen molar-refractivity contribution >= 4 is 6.03 Å². The minimum absolute atomic E-state index is 0.0821. The summed E-state index contributed by atoms with van der Waals surface area (Å²) in [4.78, 5) is 15.2. The number of carbonyl (C=O) groups is 1. The number of carbonyl (C=O) groups excluding carboxylic acids is 1. The van der Waals surface area contributed by atoms with E-state index in [2.05, 4.69) is 65.8 Å². The first-order valence-electron chi connectivity index (χ1n) is 11.1. The third-order valence-corrected chi connectivity index (χ3v) is 6.15. The van der Waals surface area contributed by atoms with Gasteiger partial charge in [0, 0.05) is 12.1 Å². The molecule has 0 radical (unpaired) electrons. The Hall–Kier alpha value is -3.73. The molecule has 1 saturated heterocycles. The molecule has 1 aromatic heterocycles. The Kier molecular flexibility index (Phi) is 5.55. The number of nitrogens with zero attached hydrogens (tertiary/aromatic N) is 4. The van der Waals surface area contributed by atoms with Gasteiger partial charge in [-0.1, -0.05) is 89.6 Å². The van der Waals surface area contributed by atoms with Gasteiger partial charge >= 0.3 is 6.03 Å². The highest BCUT2D eigenvalue weighted by molar-refractivity contribution is 5.78. The van der Waals surface area contributed by atoms with Crippen molar-refractivity contribution in [2.75, 3.05) is 6.54 Å². The first-order valence-corrected chi connectivity index (χ1v) is 11.1. The van der Waals surface area contributed by atoms with Gasteiger partial charge in [-0.2, -0.15) is 4.68 Å². The lowest BCUT2D eigenvalue weighted by atomic mass is 9.96. The second-order valence-electron chi connectivity index (χ2n) is 8.39. The molecule has 1 unspecified atom stereocenters. The highest BCUT2D eigenvalue weighted by atomic mass is 16.2. The predicted molar refractivity (Wildman–Crippen MR) is 126 cm³/mol. The molecule has 0 saturated carbocycles. The summed E-state index contributed by atoms with van der Waals surface area (Å²) < 4.78 is 1.38. The van der Waals surface area contributed by atoms with E-state index in [4.69, 9.17) is 0 Å². The summed E-state index contributed by atoms with van der Waals surface area (Å²) in [5.41, 5.74) is 6.39. The summed E-state index contributed by atoms with van der Waals surface area (Å²) in [5.74, 6) is 0. The molecule has 5 heteroatoms. The zero-order chi connectivity index (χ0) is 21.9. The number of piperidine rings is 1. The van der Waals surface area contributed by atoms with Crippen LogP contribution in [0, 0.1) is 6.92 Å². The van der Waals surface area contributed by atoms with Gasteiger partial charge in [0.15, 0.2) is 0 Å². The maximum absolute atomic E-state index is 13.3. The molecule has 1 aliphatic heterocycles. The van der Waals surface area contributed by atoms with Crippen molar-refractivity contribution < 1.29 is 4.79 Å². The summed E-state index contributed by atoms with van der Waals surface area (Å²) in [7, 11) is 0. The lowest BCUT2D eigenvalue weighted by Gasteiger charge is -2.35. The number of amides is 1. The van der Waals surface area contributed by atoms with Crippen molar-refractivity contribution in [3.05, 3.63) is 96.2 Å². The number of likely N-dealkylation sites (tertiary alicyclic amines) is 1. The molecule has 5 nitrogen and oxygen atoms in total. The van der Waals surface area contributed by atoms with Crippen molar-refractivity contribution in [3.63, 3.8) is 0 Å². The number of benzene rings is 3. The van der Waals surface area contributed by atoms with E-state index >= 15 is 0 Å². The van der Waals surface area contributed by atoms with Gasteiger partial charge < -0.3 is 4.90 Å². The molecular weight excluding hydrogens is 396 g/mol. The topological polar surface area (TPSA) is 51.0 Å². The van der Waals surface area contributed by atoms with Crippen LogP contribution in [-0.4, -0.2) is 32.5 Å². The van der Waals surface area contributed by atoms with E-state index in [0.29, 0.717) is 5.69 Å². The monoisotopic (exact) mass is 422 g/mol. The largest absolute Gasteiger partial charge is 0.346 e. The second kappa shape index (κ2) is 8.79. The third-order valence-electron chi connectivity index (χ3n) is 6.15. The highest BCUT2D eigenvalue weighted by Crippen LogP contribution is 2.31. The smallest absolute Gasteiger partial charge is 0.316 e. The van der Waals surface area contributed by atoms with Gasteiger partial charge in [-0.15, -0.1) is 5.10 Å². The van der Waals surface area contributed by atoms with Crippen LogP contribution in [-0.2, 0) is 0 Å². The Labute approximate surface area is 188 Å². The average Bonchev–Trinajstić information content (AvgIpc) is 3.35. The van der Waals surface area contributed by atoms with Crippen LogP contribution < -0.4 is 0 Å². The zero-order valence-corrected chi connectivity index (χ0v) is 18.2. The standard InChI is InChI=1S/C27H26N4O/c1-20-8-7-11-24(18-20)21-13-15-22(16-14-21)25-19-31(29-28-25)27(32)30-17-6-5-12-26(30)23-9-3-2-4-10-23/h2-4,7-11,13-16,18-19,26H,5-6,12,17H2,1H3. The lowest BCUT2D eigenvalue weighted by molar-refractivity contribution is 0.149. The van der Waals surface area contributed by atoms with Crippen molar-refractivity contribution in [3.8, 4) is 22.4 Å². The summed E-state index contributed by atoms with van der Waals surface area (Å²) in [6.07, 6.45) is 4.84. The molecule has 0 spiro atoms. The maximum Gasteiger partial charge on any atom is 0.346 e. The molecule has 5 rings (SSSR count). The van der Waals surface area contributed by atoms with Crippen LogP contribution in [0.15, 0.2) is 85.1 Å². The van der Waals surface area contributed by atoms with Gasteiger partial charge in [0.1, 0.15) is 5.69 Å². The molecule has 1 amide bonds. The molecule has 2 heterocycles. The first-order chi connectivity index (χ1) is 15.7. The van der Waals surface area contributed by atoms with Gasteiger partial charge in [0.25, 0.3) is 0 Å². The first kappa shape index (κ1) is 20.2. The van der Waals surface area contributed by atoms with Crippen LogP contribution in [0.3, 0.4) is 0 Å². The lowest BCUT2D eigenvalue weighted by Crippen LogP contribution is -2.41. The fourth-order valence-corrected chi connectivity index (χ4v) is 4.46. The van der Waals surface area contributed by atoms with Crippen LogP contribution in [0.4, 0.5) is 4.79 Å². The summed E-state index contributed by atoms with van der Waals surface area (Å²) >= 11 is 0. The van der Waals surface area contributed by atoms with E-state index in [0.717, 1.165) is 36.9 Å². The number of aromatic nitrogens is 3. The number of hydrogen-bond acceptors (Lipinski definition) is 3. The Morgan fingerprint density at radius 1 is 0.875 bits per heavy atom. The minimum atomic E-state index is -0.117. The van der Waals surface area contributed by atoms with Gasteiger partial charge in [0.2, 0.25) is 0 Å². The molecule has 1 aliphatic rings. The van der Waals surface area contributed by atoms with Crippen LogP contribution in [0.25, 0.3) is 22.4 Å². The molecule has 1 atom stereocenters. The Balaban J connectivity index is 1.36. The Bertz CT molecular complexity index is 1210. The summed E-state index contributed by atoms with van der Waals surface area (Å²) in [6, 6.07) is 26.9. The maximum atomic E-state index is 13.3. The molecular formula is C27H26N4O. The van der Waals surface area contributed by atoms with Crippen molar-refractivity contribution in [2.24, 2.45) is 0 Å². The van der Waals surface area contributed by atoms with E-state index in [-0.39, 0.29) is 12.1 Å². The molecule has 0 bridgehead atoms. The fraction of sp³-hybridized carbons (Fsp3) is 0.222. The summed E-state index contributed by atoms with van der Waals surface area (Å²) in [5, 5.41) is 8.45. The van der Waals surface area contributed by atoms with Crippen molar-refractivity contribution in [2.45, 2.75) is 32.2 Å². The SMILES string of the molecule is Cc1cccc(-c2ccc(-c3cn(C(=O)N4CCCCC4c4ccccc4)nn3)cc2)c1. The van der Waals surface area contributed by atoms with E-state index in [1.54, 1.807) is 6.20 Å². The van der Waals surface area contributed by atoms with E-state index in [9.17, 15) is 4.79 Å². The van der Waals surface area contributed by atoms with Crippen molar-refractivity contribution in [1.82, 2.24) is 19.9 Å². The van der Waals surface area contributed by atoms with E-state index in [1.807, 2.05) is 35.2 Å². The summed E-state index contributed by atoms with van der Waals surface area (Å²) in [6.45, 7) is 2.83. The van der Waals surface area contributed by atoms with Crippen LogP contribution in [0.2, 0.25) is 0 Å². The average molecular weight is 423 g/mol. The quantitative estimate of drug-likeness (QED) is 0.400. The van der Waals surface area contributed by atoms with Gasteiger partial charge in [-0.05, 0) is 42.9 Å². The van der Waals surface area contributed by atoms with Crippen LogP contribution in [0.1, 0.15) is 36.4 Å². The molecule has 32 heavy (non-hydrogen) atoms. The molecule has 160 valence electrons. The number of rotatable bonds is 3. The minimum Gasteiger partial charge on any atom is -0.316 e.